The smallest absolute Gasteiger partial charge is 0.243 e. The Morgan fingerprint density at radius 1 is 1.39 bits per heavy atom. The van der Waals surface area contributed by atoms with Crippen LogP contribution in [0.3, 0.4) is 0 Å². The first-order chi connectivity index (χ1) is 8.83. The monoisotopic (exact) mass is 245 g/mol. The number of aryl methyl sites for hydroxylation is 1. The molecule has 1 atom stereocenters. The van der Waals surface area contributed by atoms with Crippen molar-refractivity contribution in [1.29, 1.82) is 0 Å². The number of aromatic nitrogens is 3. The highest BCUT2D eigenvalue weighted by atomic mass is 15.4. The van der Waals surface area contributed by atoms with Gasteiger partial charge in [-0.15, -0.1) is 5.10 Å². The van der Waals surface area contributed by atoms with E-state index in [2.05, 4.69) is 20.7 Å². The summed E-state index contributed by atoms with van der Waals surface area (Å²) in [6.07, 6.45) is 3.70. The molecule has 1 fully saturated rings. The summed E-state index contributed by atoms with van der Waals surface area (Å²) in [6, 6.07) is 6.47. The topological polar surface area (TPSA) is 54.2 Å². The molecule has 3 heterocycles. The fraction of sp³-hybridized carbons (Fsp3) is 0.538. The number of nitrogens with one attached hydrogen (secondary N) is 2. The van der Waals surface area contributed by atoms with Crippen LogP contribution in [0.4, 0.5) is 5.95 Å². The largest absolute Gasteiger partial charge is 0.349 e. The molecule has 2 N–H and O–H groups in total. The minimum Gasteiger partial charge on any atom is -0.349 e. The first kappa shape index (κ1) is 11.5. The molecule has 0 aliphatic carbocycles. The Kier molecular flexibility index (Phi) is 3.15. The average Bonchev–Trinajstić information content (AvgIpc) is 2.60. The first-order valence-corrected chi connectivity index (χ1v) is 6.62. The van der Waals surface area contributed by atoms with E-state index in [0.29, 0.717) is 6.04 Å². The molecule has 5 nitrogen and oxygen atoms in total. The number of pyridine rings is 1. The van der Waals surface area contributed by atoms with Gasteiger partial charge < -0.3 is 10.6 Å². The van der Waals surface area contributed by atoms with Crippen LogP contribution >= 0.6 is 0 Å². The van der Waals surface area contributed by atoms with Gasteiger partial charge in [-0.2, -0.15) is 4.98 Å². The highest BCUT2D eigenvalue weighted by Gasteiger charge is 2.14. The minimum atomic E-state index is 0.435. The van der Waals surface area contributed by atoms with Crippen molar-refractivity contribution in [3.8, 4) is 0 Å². The number of hydrogen-bond acceptors (Lipinski definition) is 4. The zero-order chi connectivity index (χ0) is 12.4. The van der Waals surface area contributed by atoms with E-state index in [1.54, 1.807) is 0 Å². The molecule has 96 valence electrons. The summed E-state index contributed by atoms with van der Waals surface area (Å²) in [5.41, 5.74) is 2.01. The summed E-state index contributed by atoms with van der Waals surface area (Å²) in [5, 5.41) is 11.4. The molecule has 0 aromatic carbocycles. The van der Waals surface area contributed by atoms with Crippen LogP contribution in [0.2, 0.25) is 0 Å². The van der Waals surface area contributed by atoms with Crippen LogP contribution in [0.25, 0.3) is 5.65 Å². The predicted octanol–water partition coefficient (Wildman–Crippen LogP) is 1.59. The van der Waals surface area contributed by atoms with Crippen LogP contribution in [0.15, 0.2) is 18.2 Å². The number of hydrogen-bond donors (Lipinski definition) is 2. The fourth-order valence-electron chi connectivity index (χ4n) is 2.42. The van der Waals surface area contributed by atoms with Gasteiger partial charge in [-0.25, -0.2) is 4.52 Å². The molecule has 1 aliphatic rings. The molecule has 5 heteroatoms. The molecule has 0 saturated carbocycles. The quantitative estimate of drug-likeness (QED) is 0.843. The zero-order valence-corrected chi connectivity index (χ0v) is 10.7. The van der Waals surface area contributed by atoms with Gasteiger partial charge in [0.25, 0.3) is 0 Å². The Bertz CT molecular complexity index is 525. The lowest BCUT2D eigenvalue weighted by Crippen LogP contribution is -2.31. The van der Waals surface area contributed by atoms with E-state index >= 15 is 0 Å². The number of anilines is 1. The van der Waals surface area contributed by atoms with Gasteiger partial charge in [-0.3, -0.25) is 0 Å². The van der Waals surface area contributed by atoms with Gasteiger partial charge in [0.2, 0.25) is 5.95 Å². The molecular formula is C13H19N5. The molecule has 2 aromatic rings. The van der Waals surface area contributed by atoms with Crippen LogP contribution in [-0.2, 0) is 0 Å². The fourth-order valence-corrected chi connectivity index (χ4v) is 2.42. The Balaban J connectivity index is 1.79. The van der Waals surface area contributed by atoms with Crippen molar-refractivity contribution < 1.29 is 0 Å². The van der Waals surface area contributed by atoms with Crippen molar-refractivity contribution in [1.82, 2.24) is 19.9 Å². The van der Waals surface area contributed by atoms with Crippen LogP contribution in [0.5, 0.6) is 0 Å². The van der Waals surface area contributed by atoms with E-state index in [0.717, 1.165) is 30.4 Å². The van der Waals surface area contributed by atoms with Crippen LogP contribution in [0, 0.1) is 6.92 Å². The Morgan fingerprint density at radius 3 is 3.22 bits per heavy atom. The van der Waals surface area contributed by atoms with Gasteiger partial charge in [0.1, 0.15) is 0 Å². The van der Waals surface area contributed by atoms with Gasteiger partial charge in [0, 0.05) is 18.3 Å². The lowest BCUT2D eigenvalue weighted by atomic mass is 10.1. The number of nitrogens with zero attached hydrogens (tertiary/aromatic N) is 3. The summed E-state index contributed by atoms with van der Waals surface area (Å²) in [5.74, 6) is 0.734. The molecule has 1 unspecified atom stereocenters. The Labute approximate surface area is 107 Å². The van der Waals surface area contributed by atoms with Crippen molar-refractivity contribution in [2.75, 3.05) is 18.4 Å². The molecule has 0 amide bonds. The molecule has 1 aliphatic heterocycles. The first-order valence-electron chi connectivity index (χ1n) is 6.62. The minimum absolute atomic E-state index is 0.435. The van der Waals surface area contributed by atoms with Gasteiger partial charge in [-0.05, 0) is 38.4 Å². The van der Waals surface area contributed by atoms with E-state index in [-0.39, 0.29) is 0 Å². The Hall–Kier alpha value is -1.62. The summed E-state index contributed by atoms with van der Waals surface area (Å²) in [7, 11) is 0. The molecule has 0 bridgehead atoms. The summed E-state index contributed by atoms with van der Waals surface area (Å²) in [4.78, 5) is 4.51. The zero-order valence-electron chi connectivity index (χ0n) is 10.7. The summed E-state index contributed by atoms with van der Waals surface area (Å²) in [6.45, 7) is 4.16. The second-order valence-corrected chi connectivity index (χ2v) is 4.91. The van der Waals surface area contributed by atoms with Gasteiger partial charge in [0.15, 0.2) is 5.65 Å². The van der Waals surface area contributed by atoms with Gasteiger partial charge in [-0.1, -0.05) is 12.5 Å². The van der Waals surface area contributed by atoms with Crippen molar-refractivity contribution in [3.05, 3.63) is 23.9 Å². The normalized spacial score (nSPS) is 20.8. The maximum atomic E-state index is 4.51. The molecule has 18 heavy (non-hydrogen) atoms. The predicted molar refractivity (Wildman–Crippen MR) is 71.9 cm³/mol. The lowest BCUT2D eigenvalue weighted by molar-refractivity contribution is 0.630. The van der Waals surface area contributed by atoms with Crippen molar-refractivity contribution in [3.63, 3.8) is 0 Å². The lowest BCUT2D eigenvalue weighted by Gasteiger charge is -2.14. The SMILES string of the molecule is Cc1cccc2nc(NC3CCCCNC3)nn12. The number of fused-ring (bicyclic) bond motifs is 1. The third-order valence-electron chi connectivity index (χ3n) is 3.43. The van der Waals surface area contributed by atoms with Crippen LogP contribution in [-0.4, -0.2) is 33.7 Å². The number of rotatable bonds is 2. The maximum absolute atomic E-state index is 4.51. The van der Waals surface area contributed by atoms with Gasteiger partial charge >= 0.3 is 0 Å². The summed E-state index contributed by atoms with van der Waals surface area (Å²) < 4.78 is 1.88. The van der Waals surface area contributed by atoms with E-state index in [1.807, 2.05) is 29.6 Å². The highest BCUT2D eigenvalue weighted by molar-refractivity contribution is 5.44. The van der Waals surface area contributed by atoms with E-state index < -0.39 is 0 Å². The van der Waals surface area contributed by atoms with Crippen LogP contribution in [0.1, 0.15) is 25.0 Å². The molecule has 1 saturated heterocycles. The van der Waals surface area contributed by atoms with Crippen molar-refractivity contribution in [2.24, 2.45) is 0 Å². The molecular weight excluding hydrogens is 226 g/mol. The van der Waals surface area contributed by atoms with E-state index in [1.165, 1.54) is 19.3 Å². The van der Waals surface area contributed by atoms with Crippen molar-refractivity contribution >= 4 is 11.6 Å². The molecule has 0 spiro atoms. The highest BCUT2D eigenvalue weighted by Crippen LogP contribution is 2.12. The van der Waals surface area contributed by atoms with E-state index in [9.17, 15) is 0 Å². The van der Waals surface area contributed by atoms with Crippen molar-refractivity contribution in [2.45, 2.75) is 32.2 Å². The average molecular weight is 245 g/mol. The third kappa shape index (κ3) is 2.31. The standard InChI is InChI=1S/C13H19N5/c1-10-5-4-7-12-16-13(17-18(10)12)15-11-6-2-3-8-14-9-11/h4-5,7,11,14H,2-3,6,8-9H2,1H3,(H,15,17). The molecule has 3 rings (SSSR count). The second-order valence-electron chi connectivity index (χ2n) is 4.91. The van der Waals surface area contributed by atoms with E-state index in [4.69, 9.17) is 0 Å². The second kappa shape index (κ2) is 4.94. The van der Waals surface area contributed by atoms with Crippen LogP contribution < -0.4 is 10.6 Å². The summed E-state index contributed by atoms with van der Waals surface area (Å²) >= 11 is 0. The Morgan fingerprint density at radius 2 is 2.33 bits per heavy atom. The molecule has 0 radical (unpaired) electrons. The molecule has 2 aromatic heterocycles. The third-order valence-corrected chi connectivity index (χ3v) is 3.43. The maximum Gasteiger partial charge on any atom is 0.243 e. The van der Waals surface area contributed by atoms with Gasteiger partial charge in [0.05, 0.1) is 0 Å².